The van der Waals surface area contributed by atoms with Crippen LogP contribution in [-0.2, 0) is 16.0 Å². The summed E-state index contributed by atoms with van der Waals surface area (Å²) in [4.78, 5) is 25.9. The molecule has 0 bridgehead atoms. The third-order valence-electron chi connectivity index (χ3n) is 5.98. The Hall–Kier alpha value is -3.80. The van der Waals surface area contributed by atoms with Crippen molar-refractivity contribution in [2.24, 2.45) is 0 Å². The molecule has 164 valence electrons. The van der Waals surface area contributed by atoms with Crippen LogP contribution < -0.4 is 4.74 Å². The highest BCUT2D eigenvalue weighted by Gasteiger charge is 2.32. The number of aliphatic carboxylic acids is 1. The molecule has 1 amide bonds. The number of fused-ring (bicyclic) bond motifs is 3. The predicted molar refractivity (Wildman–Crippen MR) is 121 cm³/mol. The average molecular weight is 431 g/mol. The molecule has 32 heavy (non-hydrogen) atoms. The monoisotopic (exact) mass is 431 g/mol. The van der Waals surface area contributed by atoms with Gasteiger partial charge in [-0.3, -0.25) is 4.90 Å². The molecule has 0 aliphatic heterocycles. The van der Waals surface area contributed by atoms with E-state index < -0.39 is 18.1 Å². The highest BCUT2D eigenvalue weighted by molar-refractivity contribution is 5.81. The minimum Gasteiger partial charge on any atom is -0.496 e. The Bertz CT molecular complexity index is 1100. The number of carboxylic acids is 1. The van der Waals surface area contributed by atoms with E-state index in [9.17, 15) is 14.7 Å². The number of rotatable bonds is 7. The second-order valence-corrected chi connectivity index (χ2v) is 7.78. The molecule has 0 saturated carbocycles. The van der Waals surface area contributed by atoms with Crippen LogP contribution >= 0.6 is 0 Å². The van der Waals surface area contributed by atoms with Crippen LogP contribution in [-0.4, -0.2) is 48.9 Å². The molecule has 0 fully saturated rings. The maximum absolute atomic E-state index is 12.8. The summed E-state index contributed by atoms with van der Waals surface area (Å²) >= 11 is 0. The highest BCUT2D eigenvalue weighted by Crippen LogP contribution is 2.44. The minimum atomic E-state index is -1.10. The summed E-state index contributed by atoms with van der Waals surface area (Å²) in [6.07, 6.45) is -0.561. The number of carboxylic acid groups (broad SMARTS) is 1. The van der Waals surface area contributed by atoms with Crippen molar-refractivity contribution in [1.29, 1.82) is 0 Å². The van der Waals surface area contributed by atoms with E-state index in [1.807, 2.05) is 48.5 Å². The van der Waals surface area contributed by atoms with Gasteiger partial charge in [0, 0.05) is 19.4 Å². The van der Waals surface area contributed by atoms with Gasteiger partial charge in [-0.1, -0.05) is 66.7 Å². The lowest BCUT2D eigenvalue weighted by molar-refractivity contribution is -0.142. The van der Waals surface area contributed by atoms with Crippen LogP contribution in [0.15, 0.2) is 72.8 Å². The van der Waals surface area contributed by atoms with E-state index in [1.54, 1.807) is 12.1 Å². The Morgan fingerprint density at radius 1 is 0.938 bits per heavy atom. The standard InChI is InChI=1S/C26H25NO5/c1-27(23(25(28)29)15-17-9-3-8-14-24(17)31-2)26(30)32-16-22-20-12-6-4-10-18(20)19-11-5-7-13-21(19)22/h3-14,22-23H,15-16H2,1-2H3,(H,28,29). The molecule has 1 N–H and O–H groups in total. The summed E-state index contributed by atoms with van der Waals surface area (Å²) < 4.78 is 10.9. The largest absolute Gasteiger partial charge is 0.496 e. The van der Waals surface area contributed by atoms with Gasteiger partial charge in [0.15, 0.2) is 0 Å². The summed E-state index contributed by atoms with van der Waals surface area (Å²) in [7, 11) is 2.98. The first kappa shape index (κ1) is 21.4. The van der Waals surface area contributed by atoms with E-state index in [0.29, 0.717) is 11.3 Å². The molecule has 1 atom stereocenters. The number of para-hydroxylation sites is 1. The maximum Gasteiger partial charge on any atom is 0.410 e. The summed E-state index contributed by atoms with van der Waals surface area (Å²) in [6.45, 7) is 0.137. The predicted octanol–water partition coefficient (Wildman–Crippen LogP) is 4.57. The molecule has 6 heteroatoms. The van der Waals surface area contributed by atoms with Crippen LogP contribution in [0.4, 0.5) is 4.79 Å². The van der Waals surface area contributed by atoms with Crippen LogP contribution in [0.5, 0.6) is 5.75 Å². The number of carbonyl (C=O) groups is 2. The topological polar surface area (TPSA) is 76.1 Å². The lowest BCUT2D eigenvalue weighted by Gasteiger charge is -2.25. The van der Waals surface area contributed by atoms with Gasteiger partial charge in [-0.05, 0) is 33.9 Å². The first-order chi connectivity index (χ1) is 15.5. The zero-order chi connectivity index (χ0) is 22.7. The maximum atomic E-state index is 12.8. The first-order valence-electron chi connectivity index (χ1n) is 10.4. The molecule has 0 spiro atoms. The van der Waals surface area contributed by atoms with Crippen molar-refractivity contribution in [3.05, 3.63) is 89.5 Å². The molecular formula is C26H25NO5. The number of likely N-dealkylation sites (N-methyl/N-ethyl adjacent to an activating group) is 1. The lowest BCUT2D eigenvalue weighted by atomic mass is 9.98. The fourth-order valence-electron chi connectivity index (χ4n) is 4.29. The molecule has 4 rings (SSSR count). The molecule has 0 radical (unpaired) electrons. The van der Waals surface area contributed by atoms with Crippen LogP contribution in [0, 0.1) is 0 Å². The summed E-state index contributed by atoms with van der Waals surface area (Å²) in [6, 6.07) is 22.2. The van der Waals surface area contributed by atoms with Crippen molar-refractivity contribution < 1.29 is 24.2 Å². The molecule has 0 heterocycles. The van der Waals surface area contributed by atoms with Gasteiger partial charge in [-0.25, -0.2) is 9.59 Å². The zero-order valence-electron chi connectivity index (χ0n) is 18.0. The van der Waals surface area contributed by atoms with Gasteiger partial charge in [0.05, 0.1) is 7.11 Å². The van der Waals surface area contributed by atoms with Crippen LogP contribution in [0.1, 0.15) is 22.6 Å². The SMILES string of the molecule is COc1ccccc1CC(C(=O)O)N(C)C(=O)OCC1c2ccccc2-c2ccccc21. The van der Waals surface area contributed by atoms with E-state index in [4.69, 9.17) is 9.47 Å². The number of hydrogen-bond donors (Lipinski definition) is 1. The lowest BCUT2D eigenvalue weighted by Crippen LogP contribution is -2.44. The normalized spacial score (nSPS) is 13.1. The van der Waals surface area contributed by atoms with Gasteiger partial charge < -0.3 is 14.6 Å². The van der Waals surface area contributed by atoms with Crippen molar-refractivity contribution in [3.63, 3.8) is 0 Å². The third-order valence-corrected chi connectivity index (χ3v) is 5.98. The fraction of sp³-hybridized carbons (Fsp3) is 0.231. The van der Waals surface area contributed by atoms with Gasteiger partial charge in [0.2, 0.25) is 0 Å². The Morgan fingerprint density at radius 2 is 1.50 bits per heavy atom. The van der Waals surface area contributed by atoms with Crippen molar-refractivity contribution in [1.82, 2.24) is 4.90 Å². The van der Waals surface area contributed by atoms with E-state index >= 15 is 0 Å². The highest BCUT2D eigenvalue weighted by atomic mass is 16.6. The second kappa shape index (κ2) is 9.14. The number of hydrogen-bond acceptors (Lipinski definition) is 4. The minimum absolute atomic E-state index is 0.0859. The Balaban J connectivity index is 1.49. The number of amides is 1. The quantitative estimate of drug-likeness (QED) is 0.593. The number of nitrogens with zero attached hydrogens (tertiary/aromatic N) is 1. The Morgan fingerprint density at radius 3 is 2.09 bits per heavy atom. The molecule has 0 aromatic heterocycles. The number of benzene rings is 3. The number of ether oxygens (including phenoxy) is 2. The number of carbonyl (C=O) groups excluding carboxylic acids is 1. The van der Waals surface area contributed by atoms with Crippen LogP contribution in [0.25, 0.3) is 11.1 Å². The Kier molecular flexibility index (Phi) is 6.12. The second-order valence-electron chi connectivity index (χ2n) is 7.78. The fourth-order valence-corrected chi connectivity index (χ4v) is 4.29. The van der Waals surface area contributed by atoms with E-state index in [-0.39, 0.29) is 18.9 Å². The smallest absolute Gasteiger partial charge is 0.410 e. The van der Waals surface area contributed by atoms with Crippen molar-refractivity contribution in [2.45, 2.75) is 18.4 Å². The molecule has 0 saturated heterocycles. The molecule has 1 aliphatic carbocycles. The molecule has 6 nitrogen and oxygen atoms in total. The first-order valence-corrected chi connectivity index (χ1v) is 10.4. The number of methoxy groups -OCH3 is 1. The summed E-state index contributed by atoms with van der Waals surface area (Å²) in [5.41, 5.74) is 5.19. The van der Waals surface area contributed by atoms with Crippen LogP contribution in [0.2, 0.25) is 0 Å². The van der Waals surface area contributed by atoms with Gasteiger partial charge in [0.25, 0.3) is 0 Å². The average Bonchev–Trinajstić information content (AvgIpc) is 3.14. The summed E-state index contributed by atoms with van der Waals surface area (Å²) in [5.74, 6) is -0.608. The van der Waals surface area contributed by atoms with Crippen molar-refractivity contribution in [2.75, 3.05) is 20.8 Å². The van der Waals surface area contributed by atoms with Gasteiger partial charge in [-0.2, -0.15) is 0 Å². The third kappa shape index (κ3) is 4.04. The van der Waals surface area contributed by atoms with E-state index in [1.165, 1.54) is 14.2 Å². The molecule has 1 unspecified atom stereocenters. The Labute approximate surface area is 187 Å². The van der Waals surface area contributed by atoms with E-state index in [2.05, 4.69) is 12.1 Å². The zero-order valence-corrected chi connectivity index (χ0v) is 18.0. The molecule has 3 aromatic carbocycles. The van der Waals surface area contributed by atoms with Crippen LogP contribution in [0.3, 0.4) is 0 Å². The summed E-state index contributed by atoms with van der Waals surface area (Å²) in [5, 5.41) is 9.77. The molecule has 3 aromatic rings. The van der Waals surface area contributed by atoms with E-state index in [0.717, 1.165) is 27.2 Å². The van der Waals surface area contributed by atoms with Gasteiger partial charge >= 0.3 is 12.1 Å². The van der Waals surface area contributed by atoms with Crippen molar-refractivity contribution in [3.8, 4) is 16.9 Å². The molecule has 1 aliphatic rings. The van der Waals surface area contributed by atoms with Gasteiger partial charge in [0.1, 0.15) is 18.4 Å². The van der Waals surface area contributed by atoms with Gasteiger partial charge in [-0.15, -0.1) is 0 Å². The van der Waals surface area contributed by atoms with Crippen molar-refractivity contribution >= 4 is 12.1 Å². The molecular weight excluding hydrogens is 406 g/mol.